The number of ketones is 1. The van der Waals surface area contributed by atoms with Crippen LogP contribution < -0.4 is 5.73 Å². The fourth-order valence-corrected chi connectivity index (χ4v) is 1.80. The van der Waals surface area contributed by atoms with Gasteiger partial charge in [-0.05, 0) is 30.3 Å². The molecule has 0 unspecified atom stereocenters. The third-order valence-corrected chi connectivity index (χ3v) is 2.87. The van der Waals surface area contributed by atoms with Gasteiger partial charge in [0.2, 0.25) is 5.91 Å². The number of phenolic OH excluding ortho intramolecular Hbond substituents is 1. The Morgan fingerprint density at radius 3 is 2.11 bits per heavy atom. The van der Waals surface area contributed by atoms with Crippen LogP contribution in [0, 0.1) is 0 Å². The summed E-state index contributed by atoms with van der Waals surface area (Å²) < 4.78 is 0. The Kier molecular flexibility index (Phi) is 3.53. The number of rotatable bonds is 3. The predicted molar refractivity (Wildman–Crippen MR) is 71.5 cm³/mol. The van der Waals surface area contributed by atoms with Crippen molar-refractivity contribution < 1.29 is 14.7 Å². The number of halogens is 1. The Hall–Kier alpha value is -2.33. The predicted octanol–water partition coefficient (Wildman–Crippen LogP) is 2.38. The van der Waals surface area contributed by atoms with E-state index in [1.165, 1.54) is 42.5 Å². The number of hydrogen-bond acceptors (Lipinski definition) is 3. The van der Waals surface area contributed by atoms with Crippen molar-refractivity contribution in [2.24, 2.45) is 5.73 Å². The monoisotopic (exact) mass is 275 g/mol. The van der Waals surface area contributed by atoms with Crippen LogP contribution in [-0.2, 0) is 0 Å². The summed E-state index contributed by atoms with van der Waals surface area (Å²) in [6.07, 6.45) is 0. The van der Waals surface area contributed by atoms with Gasteiger partial charge in [-0.25, -0.2) is 0 Å². The molecular formula is C14H10ClNO3. The van der Waals surface area contributed by atoms with Crippen molar-refractivity contribution in [3.05, 3.63) is 64.2 Å². The zero-order valence-corrected chi connectivity index (χ0v) is 10.5. The summed E-state index contributed by atoms with van der Waals surface area (Å²) in [6, 6.07) is 10.2. The Bertz CT molecular complexity index is 650. The van der Waals surface area contributed by atoms with Crippen LogP contribution in [0.1, 0.15) is 26.3 Å². The number of amides is 1. The van der Waals surface area contributed by atoms with Crippen LogP contribution >= 0.6 is 11.6 Å². The van der Waals surface area contributed by atoms with Crippen LogP contribution in [0.5, 0.6) is 5.75 Å². The van der Waals surface area contributed by atoms with Gasteiger partial charge in [0, 0.05) is 16.1 Å². The van der Waals surface area contributed by atoms with Gasteiger partial charge in [-0.1, -0.05) is 23.7 Å². The van der Waals surface area contributed by atoms with E-state index >= 15 is 0 Å². The number of nitrogens with two attached hydrogens (primary N) is 1. The van der Waals surface area contributed by atoms with Gasteiger partial charge in [-0.15, -0.1) is 0 Å². The highest BCUT2D eigenvalue weighted by Crippen LogP contribution is 2.24. The van der Waals surface area contributed by atoms with Gasteiger partial charge >= 0.3 is 0 Å². The number of hydrogen-bond donors (Lipinski definition) is 2. The molecule has 5 heteroatoms. The van der Waals surface area contributed by atoms with E-state index in [1.54, 1.807) is 0 Å². The van der Waals surface area contributed by atoms with Crippen LogP contribution in [0.25, 0.3) is 0 Å². The summed E-state index contributed by atoms with van der Waals surface area (Å²) in [5.74, 6) is -1.10. The summed E-state index contributed by atoms with van der Waals surface area (Å²) in [4.78, 5) is 23.1. The van der Waals surface area contributed by atoms with Gasteiger partial charge in [0.25, 0.3) is 0 Å². The van der Waals surface area contributed by atoms with E-state index in [4.69, 9.17) is 17.3 Å². The van der Waals surface area contributed by atoms with E-state index in [9.17, 15) is 14.7 Å². The molecule has 0 saturated carbocycles. The minimum atomic E-state index is -0.562. The standard InChI is InChI=1S/C14H10ClNO3/c15-10-5-6-11(12(17)7-10)13(18)8-1-3-9(4-2-8)14(16)19/h1-7,17H,(H2,16,19). The van der Waals surface area contributed by atoms with Crippen LogP contribution in [0.4, 0.5) is 0 Å². The van der Waals surface area contributed by atoms with Crippen molar-refractivity contribution in [3.63, 3.8) is 0 Å². The summed E-state index contributed by atoms with van der Waals surface area (Å²) in [6.45, 7) is 0. The zero-order chi connectivity index (χ0) is 14.0. The van der Waals surface area contributed by atoms with E-state index in [0.717, 1.165) is 0 Å². The first-order valence-electron chi connectivity index (χ1n) is 5.42. The van der Waals surface area contributed by atoms with Gasteiger partial charge in [0.05, 0.1) is 5.56 Å². The van der Waals surface area contributed by atoms with E-state index in [1.807, 2.05) is 0 Å². The molecule has 19 heavy (non-hydrogen) atoms. The number of benzene rings is 2. The molecule has 4 nitrogen and oxygen atoms in total. The fourth-order valence-electron chi connectivity index (χ4n) is 1.64. The van der Waals surface area contributed by atoms with Gasteiger partial charge in [0.1, 0.15) is 5.75 Å². The summed E-state index contributed by atoms with van der Waals surface area (Å²) in [5.41, 5.74) is 5.93. The zero-order valence-electron chi connectivity index (χ0n) is 9.76. The lowest BCUT2D eigenvalue weighted by atomic mass is 10.0. The molecule has 0 aromatic heterocycles. The highest BCUT2D eigenvalue weighted by Gasteiger charge is 2.14. The van der Waals surface area contributed by atoms with Crippen LogP contribution in [0.15, 0.2) is 42.5 Å². The van der Waals surface area contributed by atoms with Crippen LogP contribution in [-0.4, -0.2) is 16.8 Å². The van der Waals surface area contributed by atoms with Crippen molar-refractivity contribution in [3.8, 4) is 5.75 Å². The van der Waals surface area contributed by atoms with Crippen molar-refractivity contribution in [1.82, 2.24) is 0 Å². The molecule has 0 heterocycles. The second kappa shape index (κ2) is 5.12. The molecule has 2 aromatic carbocycles. The smallest absolute Gasteiger partial charge is 0.248 e. The fraction of sp³-hybridized carbons (Fsp3) is 0. The molecule has 0 aliphatic heterocycles. The Morgan fingerprint density at radius 2 is 1.58 bits per heavy atom. The summed E-state index contributed by atoms with van der Waals surface area (Å²) in [5, 5.41) is 10.0. The number of primary amides is 1. The Balaban J connectivity index is 2.36. The maximum atomic E-state index is 12.1. The molecule has 0 saturated heterocycles. The summed E-state index contributed by atoms with van der Waals surface area (Å²) in [7, 11) is 0. The molecule has 0 radical (unpaired) electrons. The Morgan fingerprint density at radius 1 is 1.00 bits per heavy atom. The van der Waals surface area contributed by atoms with Crippen LogP contribution in [0.3, 0.4) is 0 Å². The molecular weight excluding hydrogens is 266 g/mol. The molecule has 96 valence electrons. The number of carbonyl (C=O) groups is 2. The Labute approximate surface area is 114 Å². The molecule has 0 aliphatic rings. The quantitative estimate of drug-likeness (QED) is 0.844. The number of aromatic hydroxyl groups is 1. The lowest BCUT2D eigenvalue weighted by Gasteiger charge is -2.05. The van der Waals surface area contributed by atoms with E-state index < -0.39 is 5.91 Å². The van der Waals surface area contributed by atoms with Crippen molar-refractivity contribution in [1.29, 1.82) is 0 Å². The molecule has 2 rings (SSSR count). The SMILES string of the molecule is NC(=O)c1ccc(C(=O)c2ccc(Cl)cc2O)cc1. The minimum absolute atomic E-state index is 0.149. The third kappa shape index (κ3) is 2.74. The van der Waals surface area contributed by atoms with Crippen molar-refractivity contribution in [2.45, 2.75) is 0 Å². The molecule has 0 bridgehead atoms. The van der Waals surface area contributed by atoms with Gasteiger partial charge in [-0.3, -0.25) is 9.59 Å². The second-order valence-electron chi connectivity index (χ2n) is 3.93. The largest absolute Gasteiger partial charge is 0.507 e. The second-order valence-corrected chi connectivity index (χ2v) is 4.37. The number of phenols is 1. The lowest BCUT2D eigenvalue weighted by molar-refractivity contribution is 0.0996. The number of carbonyl (C=O) groups excluding carboxylic acids is 2. The molecule has 0 atom stereocenters. The minimum Gasteiger partial charge on any atom is -0.507 e. The van der Waals surface area contributed by atoms with Gasteiger partial charge < -0.3 is 10.8 Å². The maximum absolute atomic E-state index is 12.1. The van der Waals surface area contributed by atoms with Crippen LogP contribution in [0.2, 0.25) is 5.02 Å². The van der Waals surface area contributed by atoms with Gasteiger partial charge in [0.15, 0.2) is 5.78 Å². The molecule has 0 spiro atoms. The normalized spacial score (nSPS) is 10.2. The first kappa shape index (κ1) is 13.1. The topological polar surface area (TPSA) is 80.4 Å². The van der Waals surface area contributed by atoms with E-state index in [0.29, 0.717) is 16.1 Å². The average molecular weight is 276 g/mol. The average Bonchev–Trinajstić information content (AvgIpc) is 2.38. The molecule has 1 amide bonds. The lowest BCUT2D eigenvalue weighted by Crippen LogP contribution is -2.11. The highest BCUT2D eigenvalue weighted by molar-refractivity contribution is 6.31. The van der Waals surface area contributed by atoms with Crippen molar-refractivity contribution in [2.75, 3.05) is 0 Å². The van der Waals surface area contributed by atoms with Gasteiger partial charge in [-0.2, -0.15) is 0 Å². The molecule has 0 fully saturated rings. The van der Waals surface area contributed by atoms with Crippen molar-refractivity contribution >= 4 is 23.3 Å². The van der Waals surface area contributed by atoms with E-state index in [2.05, 4.69) is 0 Å². The summed E-state index contributed by atoms with van der Waals surface area (Å²) >= 11 is 5.70. The molecule has 3 N–H and O–H groups in total. The first-order chi connectivity index (χ1) is 8.99. The van der Waals surface area contributed by atoms with E-state index in [-0.39, 0.29) is 17.1 Å². The molecule has 0 aliphatic carbocycles. The first-order valence-corrected chi connectivity index (χ1v) is 5.80. The third-order valence-electron chi connectivity index (χ3n) is 2.64. The molecule has 2 aromatic rings. The maximum Gasteiger partial charge on any atom is 0.248 e. The highest BCUT2D eigenvalue weighted by atomic mass is 35.5.